The third-order valence-corrected chi connectivity index (χ3v) is 4.17. The summed E-state index contributed by atoms with van der Waals surface area (Å²) in [5.41, 5.74) is 2.81. The van der Waals surface area contributed by atoms with Gasteiger partial charge in [0.05, 0.1) is 6.61 Å². The first-order valence-electron chi connectivity index (χ1n) is 8.80. The van der Waals surface area contributed by atoms with Gasteiger partial charge in [-0.1, -0.05) is 30.7 Å². The first-order chi connectivity index (χ1) is 10.9. The molecule has 22 heavy (non-hydrogen) atoms. The van der Waals surface area contributed by atoms with Gasteiger partial charge in [0.15, 0.2) is 6.29 Å². The Labute approximate surface area is 134 Å². The zero-order chi connectivity index (χ0) is 15.5. The van der Waals surface area contributed by atoms with Gasteiger partial charge in [0.1, 0.15) is 0 Å². The second-order valence-electron chi connectivity index (χ2n) is 6.12. The molecule has 1 aliphatic heterocycles. The number of ether oxygens (including phenoxy) is 2. The molecular weight excluding hydrogens is 276 g/mol. The maximum absolute atomic E-state index is 8.80. The van der Waals surface area contributed by atoms with E-state index in [1.54, 1.807) is 0 Å². The van der Waals surface area contributed by atoms with E-state index in [9.17, 15) is 0 Å². The summed E-state index contributed by atoms with van der Waals surface area (Å²) in [4.78, 5) is 0. The van der Waals surface area contributed by atoms with Crippen molar-refractivity contribution in [1.29, 1.82) is 0 Å². The number of aryl methyl sites for hydroxylation is 2. The highest BCUT2D eigenvalue weighted by molar-refractivity contribution is 5.23. The molecule has 0 amide bonds. The van der Waals surface area contributed by atoms with Gasteiger partial charge in [-0.2, -0.15) is 0 Å². The van der Waals surface area contributed by atoms with Crippen LogP contribution in [0.3, 0.4) is 0 Å². The van der Waals surface area contributed by atoms with E-state index in [2.05, 4.69) is 24.3 Å². The molecule has 0 aliphatic carbocycles. The molecule has 124 valence electrons. The lowest BCUT2D eigenvalue weighted by Gasteiger charge is -2.22. The van der Waals surface area contributed by atoms with Crippen LogP contribution in [0.1, 0.15) is 56.1 Å². The summed E-state index contributed by atoms with van der Waals surface area (Å²) in [6, 6.07) is 8.88. The summed E-state index contributed by atoms with van der Waals surface area (Å²) < 4.78 is 11.4. The smallest absolute Gasteiger partial charge is 0.157 e. The van der Waals surface area contributed by atoms with Crippen molar-refractivity contribution in [2.45, 2.75) is 64.1 Å². The number of aliphatic hydroxyl groups is 1. The zero-order valence-electron chi connectivity index (χ0n) is 13.6. The molecule has 1 fully saturated rings. The third kappa shape index (κ3) is 6.91. The minimum atomic E-state index is 0.0339. The van der Waals surface area contributed by atoms with Gasteiger partial charge in [0.2, 0.25) is 0 Å². The summed E-state index contributed by atoms with van der Waals surface area (Å²) in [6.07, 6.45) is 9.89. The summed E-state index contributed by atoms with van der Waals surface area (Å²) in [5, 5.41) is 8.80. The Kier molecular flexibility index (Phi) is 8.54. The lowest BCUT2D eigenvalue weighted by atomic mass is 10.0. The van der Waals surface area contributed by atoms with Gasteiger partial charge >= 0.3 is 0 Å². The van der Waals surface area contributed by atoms with Crippen LogP contribution in [0, 0.1) is 0 Å². The maximum atomic E-state index is 8.80. The molecule has 0 spiro atoms. The Morgan fingerprint density at radius 1 is 1.05 bits per heavy atom. The van der Waals surface area contributed by atoms with Gasteiger partial charge in [0.25, 0.3) is 0 Å². The summed E-state index contributed by atoms with van der Waals surface area (Å²) in [7, 11) is 0. The monoisotopic (exact) mass is 306 g/mol. The summed E-state index contributed by atoms with van der Waals surface area (Å²) >= 11 is 0. The first kappa shape index (κ1) is 17.5. The molecule has 1 N–H and O–H groups in total. The van der Waals surface area contributed by atoms with E-state index < -0.39 is 0 Å². The minimum Gasteiger partial charge on any atom is -0.396 e. The molecule has 1 atom stereocenters. The second kappa shape index (κ2) is 10.8. The Hall–Kier alpha value is -0.900. The topological polar surface area (TPSA) is 38.7 Å². The predicted octanol–water partition coefficient (Wildman–Crippen LogP) is 3.87. The van der Waals surface area contributed by atoms with E-state index in [1.165, 1.54) is 24.0 Å². The quantitative estimate of drug-likeness (QED) is 0.667. The highest BCUT2D eigenvalue weighted by Crippen LogP contribution is 2.15. The maximum Gasteiger partial charge on any atom is 0.157 e. The molecule has 1 saturated heterocycles. The Bertz CT molecular complexity index is 399. The Balaban J connectivity index is 1.62. The lowest BCUT2D eigenvalue weighted by Crippen LogP contribution is -2.22. The van der Waals surface area contributed by atoms with E-state index >= 15 is 0 Å². The van der Waals surface area contributed by atoms with Crippen molar-refractivity contribution in [3.63, 3.8) is 0 Å². The largest absolute Gasteiger partial charge is 0.396 e. The molecule has 1 aromatic rings. The van der Waals surface area contributed by atoms with E-state index in [-0.39, 0.29) is 6.29 Å². The van der Waals surface area contributed by atoms with Crippen LogP contribution < -0.4 is 0 Å². The fourth-order valence-electron chi connectivity index (χ4n) is 2.89. The van der Waals surface area contributed by atoms with Crippen LogP contribution in [0.4, 0.5) is 0 Å². The van der Waals surface area contributed by atoms with Crippen molar-refractivity contribution in [2.75, 3.05) is 19.8 Å². The van der Waals surface area contributed by atoms with Gasteiger partial charge in [-0.15, -0.1) is 0 Å². The highest BCUT2D eigenvalue weighted by atomic mass is 16.7. The Morgan fingerprint density at radius 2 is 1.86 bits per heavy atom. The molecule has 0 radical (unpaired) electrons. The molecule has 2 rings (SSSR count). The SMILES string of the molecule is OCCCCCc1cccc(CCCOC2CCCCO2)c1. The fourth-order valence-corrected chi connectivity index (χ4v) is 2.89. The molecule has 3 heteroatoms. The van der Waals surface area contributed by atoms with Gasteiger partial charge in [-0.3, -0.25) is 0 Å². The van der Waals surface area contributed by atoms with E-state index in [0.29, 0.717) is 6.61 Å². The van der Waals surface area contributed by atoms with Gasteiger partial charge in [0, 0.05) is 13.2 Å². The van der Waals surface area contributed by atoms with Crippen LogP contribution in [0.2, 0.25) is 0 Å². The van der Waals surface area contributed by atoms with E-state index in [1.807, 2.05) is 0 Å². The number of rotatable bonds is 10. The molecule has 1 heterocycles. The molecule has 0 saturated carbocycles. The Morgan fingerprint density at radius 3 is 2.59 bits per heavy atom. The minimum absolute atomic E-state index is 0.0339. The predicted molar refractivity (Wildman–Crippen MR) is 88.9 cm³/mol. The van der Waals surface area contributed by atoms with Crippen LogP contribution in [-0.2, 0) is 22.3 Å². The van der Waals surface area contributed by atoms with Crippen LogP contribution >= 0.6 is 0 Å². The van der Waals surface area contributed by atoms with Crippen LogP contribution in [0.5, 0.6) is 0 Å². The molecule has 0 aromatic heterocycles. The van der Waals surface area contributed by atoms with Crippen LogP contribution in [0.25, 0.3) is 0 Å². The fraction of sp³-hybridized carbons (Fsp3) is 0.684. The van der Waals surface area contributed by atoms with Crippen molar-refractivity contribution >= 4 is 0 Å². The molecular formula is C19H30O3. The molecule has 1 aromatic carbocycles. The standard InChI is InChI=1S/C19H30O3/c20-13-4-1-2-8-17-9-6-10-18(16-17)11-7-15-22-19-12-3-5-14-21-19/h6,9-10,16,19-20H,1-5,7-8,11-15H2. The van der Waals surface area contributed by atoms with E-state index in [4.69, 9.17) is 14.6 Å². The number of hydrogen-bond acceptors (Lipinski definition) is 3. The van der Waals surface area contributed by atoms with Crippen LogP contribution in [-0.4, -0.2) is 31.2 Å². The van der Waals surface area contributed by atoms with Crippen molar-refractivity contribution in [2.24, 2.45) is 0 Å². The average Bonchev–Trinajstić information content (AvgIpc) is 2.57. The second-order valence-corrected chi connectivity index (χ2v) is 6.12. The number of aliphatic hydroxyl groups excluding tert-OH is 1. The number of hydrogen-bond donors (Lipinski definition) is 1. The first-order valence-corrected chi connectivity index (χ1v) is 8.80. The lowest BCUT2D eigenvalue weighted by molar-refractivity contribution is -0.162. The van der Waals surface area contributed by atoms with Crippen molar-refractivity contribution in [3.05, 3.63) is 35.4 Å². The summed E-state index contributed by atoms with van der Waals surface area (Å²) in [6.45, 7) is 1.94. The van der Waals surface area contributed by atoms with E-state index in [0.717, 1.165) is 58.2 Å². The van der Waals surface area contributed by atoms with Crippen molar-refractivity contribution < 1.29 is 14.6 Å². The molecule has 3 nitrogen and oxygen atoms in total. The van der Waals surface area contributed by atoms with Crippen LogP contribution in [0.15, 0.2) is 24.3 Å². The van der Waals surface area contributed by atoms with Crippen molar-refractivity contribution in [1.82, 2.24) is 0 Å². The number of benzene rings is 1. The average molecular weight is 306 g/mol. The molecule has 1 aliphatic rings. The number of unbranched alkanes of at least 4 members (excludes halogenated alkanes) is 2. The van der Waals surface area contributed by atoms with Gasteiger partial charge < -0.3 is 14.6 Å². The van der Waals surface area contributed by atoms with Gasteiger partial charge in [-0.05, 0) is 62.5 Å². The van der Waals surface area contributed by atoms with Gasteiger partial charge in [-0.25, -0.2) is 0 Å². The molecule has 0 bridgehead atoms. The van der Waals surface area contributed by atoms with Crippen molar-refractivity contribution in [3.8, 4) is 0 Å². The summed E-state index contributed by atoms with van der Waals surface area (Å²) in [5.74, 6) is 0. The normalized spacial score (nSPS) is 18.5. The highest BCUT2D eigenvalue weighted by Gasteiger charge is 2.13. The zero-order valence-corrected chi connectivity index (χ0v) is 13.6. The third-order valence-electron chi connectivity index (χ3n) is 4.17. The molecule has 1 unspecified atom stereocenters.